The summed E-state index contributed by atoms with van der Waals surface area (Å²) in [6.45, 7) is 3.74. The van der Waals surface area contributed by atoms with E-state index in [0.29, 0.717) is 37.1 Å². The zero-order valence-electron chi connectivity index (χ0n) is 17.6. The van der Waals surface area contributed by atoms with E-state index >= 15 is 0 Å². The van der Waals surface area contributed by atoms with Crippen LogP contribution >= 0.6 is 22.9 Å². The van der Waals surface area contributed by atoms with Crippen LogP contribution in [0.1, 0.15) is 20.9 Å². The molecule has 2 heterocycles. The molecule has 0 saturated heterocycles. The Morgan fingerprint density at radius 2 is 1.81 bits per heavy atom. The number of amides is 1. The Morgan fingerprint density at radius 3 is 2.50 bits per heavy atom. The van der Waals surface area contributed by atoms with Crippen molar-refractivity contribution in [3.8, 4) is 11.1 Å². The molecule has 0 spiro atoms. The highest BCUT2D eigenvalue weighted by atomic mass is 35.5. The number of sulfonamides is 1. The molecule has 1 amide bonds. The molecule has 0 saturated carbocycles. The van der Waals surface area contributed by atoms with Crippen molar-refractivity contribution in [3.63, 3.8) is 0 Å². The summed E-state index contributed by atoms with van der Waals surface area (Å²) in [5, 5.41) is 3.57. The summed E-state index contributed by atoms with van der Waals surface area (Å²) in [5.74, 6) is -0.259. The number of fused-ring (bicyclic) bond motifs is 1. The molecule has 0 atom stereocenters. The standard InChI is InChI=1S/C23H20ClN3O3S2/c1-13-6-4-7-15(10-13)19-20-18(27-32(29,30)17-9-5-8-16(24)12-17)11-14(2)26-23(20)31-21(19)22(28)25-3/h4-12H,1-3H3,(H,25,28)(H,26,27). The van der Waals surface area contributed by atoms with Gasteiger partial charge in [0.25, 0.3) is 15.9 Å². The molecular formula is C23H20ClN3O3S2. The Bertz CT molecular complexity index is 1460. The lowest BCUT2D eigenvalue weighted by atomic mass is 10.00. The van der Waals surface area contributed by atoms with Crippen molar-refractivity contribution in [2.75, 3.05) is 11.8 Å². The van der Waals surface area contributed by atoms with E-state index in [9.17, 15) is 13.2 Å². The fraction of sp³-hybridized carbons (Fsp3) is 0.130. The summed E-state index contributed by atoms with van der Waals surface area (Å²) < 4.78 is 29.0. The molecule has 164 valence electrons. The number of hydrogen-bond acceptors (Lipinski definition) is 5. The van der Waals surface area contributed by atoms with Crippen LogP contribution in [0.15, 0.2) is 59.5 Å². The quantitative estimate of drug-likeness (QED) is 0.396. The lowest BCUT2D eigenvalue weighted by molar-refractivity contribution is 0.0967. The maximum absolute atomic E-state index is 13.1. The van der Waals surface area contributed by atoms with Crippen LogP contribution in [0.4, 0.5) is 5.69 Å². The molecule has 0 fully saturated rings. The van der Waals surface area contributed by atoms with Gasteiger partial charge in [-0.25, -0.2) is 13.4 Å². The van der Waals surface area contributed by atoms with Crippen molar-refractivity contribution < 1.29 is 13.2 Å². The van der Waals surface area contributed by atoms with Gasteiger partial charge < -0.3 is 5.32 Å². The molecule has 32 heavy (non-hydrogen) atoms. The smallest absolute Gasteiger partial charge is 0.261 e. The van der Waals surface area contributed by atoms with Crippen LogP contribution in [-0.2, 0) is 10.0 Å². The summed E-state index contributed by atoms with van der Waals surface area (Å²) >= 11 is 7.23. The molecular weight excluding hydrogens is 466 g/mol. The molecule has 2 aromatic heterocycles. The molecule has 0 aliphatic heterocycles. The number of carbonyl (C=O) groups is 1. The van der Waals surface area contributed by atoms with E-state index in [4.69, 9.17) is 11.6 Å². The molecule has 2 aromatic carbocycles. The zero-order valence-corrected chi connectivity index (χ0v) is 20.0. The number of aromatic nitrogens is 1. The van der Waals surface area contributed by atoms with Gasteiger partial charge in [0.15, 0.2) is 0 Å². The monoisotopic (exact) mass is 485 g/mol. The largest absolute Gasteiger partial charge is 0.354 e. The van der Waals surface area contributed by atoms with Gasteiger partial charge in [0.1, 0.15) is 9.71 Å². The number of anilines is 1. The Labute approximate surface area is 195 Å². The number of thiophene rings is 1. The zero-order chi connectivity index (χ0) is 23.0. The van der Waals surface area contributed by atoms with Gasteiger partial charge in [0.2, 0.25) is 0 Å². The third kappa shape index (κ3) is 4.21. The van der Waals surface area contributed by atoms with E-state index in [-0.39, 0.29) is 10.8 Å². The van der Waals surface area contributed by atoms with Crippen LogP contribution in [0.2, 0.25) is 5.02 Å². The molecule has 0 bridgehead atoms. The Hall–Kier alpha value is -2.94. The minimum absolute atomic E-state index is 0.0477. The van der Waals surface area contributed by atoms with Crippen molar-refractivity contribution in [1.29, 1.82) is 0 Å². The summed E-state index contributed by atoms with van der Waals surface area (Å²) in [5.41, 5.74) is 3.45. The van der Waals surface area contributed by atoms with Crippen molar-refractivity contribution in [2.45, 2.75) is 18.7 Å². The number of rotatable bonds is 5. The molecule has 6 nitrogen and oxygen atoms in total. The second kappa shape index (κ2) is 8.54. The van der Waals surface area contributed by atoms with Crippen LogP contribution in [-0.4, -0.2) is 26.4 Å². The number of nitrogens with one attached hydrogen (secondary N) is 2. The molecule has 0 unspecified atom stereocenters. The van der Waals surface area contributed by atoms with Gasteiger partial charge >= 0.3 is 0 Å². The molecule has 0 aliphatic carbocycles. The van der Waals surface area contributed by atoms with Gasteiger partial charge in [-0.2, -0.15) is 0 Å². The molecule has 4 rings (SSSR count). The normalized spacial score (nSPS) is 11.5. The number of pyridine rings is 1. The predicted molar refractivity (Wildman–Crippen MR) is 130 cm³/mol. The van der Waals surface area contributed by atoms with Gasteiger partial charge in [-0.3, -0.25) is 9.52 Å². The number of aryl methyl sites for hydroxylation is 2. The maximum atomic E-state index is 13.1. The van der Waals surface area contributed by atoms with Gasteiger partial charge in [-0.05, 0) is 43.7 Å². The number of nitrogens with zero attached hydrogens (tertiary/aromatic N) is 1. The van der Waals surface area contributed by atoms with Crippen LogP contribution in [0, 0.1) is 13.8 Å². The van der Waals surface area contributed by atoms with Gasteiger partial charge in [0.05, 0.1) is 10.6 Å². The highest BCUT2D eigenvalue weighted by Gasteiger charge is 2.25. The number of benzene rings is 2. The minimum atomic E-state index is -3.93. The van der Waals surface area contributed by atoms with E-state index in [1.54, 1.807) is 32.2 Å². The van der Waals surface area contributed by atoms with E-state index in [0.717, 1.165) is 11.1 Å². The fourth-order valence-electron chi connectivity index (χ4n) is 3.49. The van der Waals surface area contributed by atoms with Gasteiger partial charge in [-0.15, -0.1) is 11.3 Å². The second-order valence-corrected chi connectivity index (χ2v) is 10.4. The topological polar surface area (TPSA) is 88.2 Å². The predicted octanol–water partition coefficient (Wildman–Crippen LogP) is 5.39. The summed E-state index contributed by atoms with van der Waals surface area (Å²) in [7, 11) is -2.36. The molecule has 0 aliphatic rings. The van der Waals surface area contributed by atoms with Crippen molar-refractivity contribution >= 4 is 54.8 Å². The summed E-state index contributed by atoms with van der Waals surface area (Å²) in [6, 6.07) is 15.5. The van der Waals surface area contributed by atoms with Crippen LogP contribution in [0.3, 0.4) is 0 Å². The first-order valence-electron chi connectivity index (χ1n) is 9.71. The lowest BCUT2D eigenvalue weighted by Gasteiger charge is -2.12. The first-order chi connectivity index (χ1) is 15.2. The molecule has 9 heteroatoms. The summed E-state index contributed by atoms with van der Waals surface area (Å²) in [4.78, 5) is 18.4. The van der Waals surface area contributed by atoms with Crippen molar-refractivity contribution in [2.24, 2.45) is 0 Å². The van der Waals surface area contributed by atoms with E-state index in [1.807, 2.05) is 31.2 Å². The second-order valence-electron chi connectivity index (χ2n) is 7.31. The van der Waals surface area contributed by atoms with Crippen LogP contribution in [0.5, 0.6) is 0 Å². The molecule has 2 N–H and O–H groups in total. The first-order valence-corrected chi connectivity index (χ1v) is 12.4. The Kier molecular flexibility index (Phi) is 5.94. The van der Waals surface area contributed by atoms with E-state index in [2.05, 4.69) is 15.0 Å². The third-order valence-corrected chi connectivity index (χ3v) is 7.56. The number of halogens is 1. The van der Waals surface area contributed by atoms with Crippen LogP contribution < -0.4 is 10.0 Å². The first kappa shape index (κ1) is 22.3. The van der Waals surface area contributed by atoms with Crippen molar-refractivity contribution in [3.05, 3.63) is 75.8 Å². The SMILES string of the molecule is CNC(=O)c1sc2nc(C)cc(NS(=O)(=O)c3cccc(Cl)c3)c2c1-c1cccc(C)c1. The summed E-state index contributed by atoms with van der Waals surface area (Å²) in [6.07, 6.45) is 0. The average Bonchev–Trinajstić information content (AvgIpc) is 3.12. The molecule has 4 aromatic rings. The molecule has 0 radical (unpaired) electrons. The Balaban J connectivity index is 1.99. The highest BCUT2D eigenvalue weighted by Crippen LogP contribution is 2.43. The van der Waals surface area contributed by atoms with Crippen molar-refractivity contribution in [1.82, 2.24) is 10.3 Å². The number of carbonyl (C=O) groups excluding carboxylic acids is 1. The van der Waals surface area contributed by atoms with Gasteiger partial charge in [-0.1, -0.05) is 47.5 Å². The van der Waals surface area contributed by atoms with Gasteiger partial charge in [0, 0.05) is 28.7 Å². The lowest BCUT2D eigenvalue weighted by Crippen LogP contribution is -2.17. The van der Waals surface area contributed by atoms with Crippen LogP contribution in [0.25, 0.3) is 21.3 Å². The Morgan fingerprint density at radius 1 is 1.06 bits per heavy atom. The number of hydrogen-bond donors (Lipinski definition) is 2. The average molecular weight is 486 g/mol. The maximum Gasteiger partial charge on any atom is 0.261 e. The van der Waals surface area contributed by atoms with E-state index in [1.165, 1.54) is 23.5 Å². The third-order valence-electron chi connectivity index (χ3n) is 4.88. The van der Waals surface area contributed by atoms with E-state index < -0.39 is 10.0 Å². The fourth-order valence-corrected chi connectivity index (χ4v) is 6.07. The minimum Gasteiger partial charge on any atom is -0.354 e. The highest BCUT2D eigenvalue weighted by molar-refractivity contribution is 7.92.